The van der Waals surface area contributed by atoms with Crippen LogP contribution in [0.3, 0.4) is 0 Å². The van der Waals surface area contributed by atoms with Crippen molar-refractivity contribution in [2.24, 2.45) is 5.92 Å². The Balaban J connectivity index is 0.000000151. The van der Waals surface area contributed by atoms with Crippen LogP contribution in [0.15, 0.2) is 29.7 Å². The van der Waals surface area contributed by atoms with Crippen molar-refractivity contribution < 1.29 is 9.59 Å². The molecule has 3 heteroatoms. The number of hydrogen-bond acceptors (Lipinski definition) is 3. The van der Waals surface area contributed by atoms with Crippen molar-refractivity contribution in [3.8, 4) is 0 Å². The Morgan fingerprint density at radius 1 is 1.33 bits per heavy atom. The molecule has 0 bridgehead atoms. The first kappa shape index (κ1) is 11.9. The van der Waals surface area contributed by atoms with Gasteiger partial charge in [0.1, 0.15) is 6.29 Å². The first-order chi connectivity index (χ1) is 7.36. The van der Waals surface area contributed by atoms with Gasteiger partial charge >= 0.3 is 0 Å². The van der Waals surface area contributed by atoms with Crippen LogP contribution in [-0.2, 0) is 4.79 Å². The van der Waals surface area contributed by atoms with Crippen LogP contribution in [0.5, 0.6) is 0 Å². The van der Waals surface area contributed by atoms with Crippen LogP contribution >= 0.6 is 11.3 Å². The van der Waals surface area contributed by atoms with Gasteiger partial charge in [0.25, 0.3) is 0 Å². The van der Waals surface area contributed by atoms with E-state index in [0.29, 0.717) is 5.92 Å². The third-order valence-corrected chi connectivity index (χ3v) is 2.96. The summed E-state index contributed by atoms with van der Waals surface area (Å²) in [5, 5.41) is 1.88. The highest BCUT2D eigenvalue weighted by atomic mass is 32.1. The van der Waals surface area contributed by atoms with E-state index in [1.807, 2.05) is 11.4 Å². The van der Waals surface area contributed by atoms with Crippen molar-refractivity contribution in [3.05, 3.63) is 34.5 Å². The van der Waals surface area contributed by atoms with Gasteiger partial charge in [0, 0.05) is 5.92 Å². The minimum absolute atomic E-state index is 0.319. The van der Waals surface area contributed by atoms with E-state index in [0.717, 1.165) is 36.7 Å². The molecule has 2 nitrogen and oxygen atoms in total. The predicted octanol–water partition coefficient (Wildman–Crippen LogP) is 3.10. The van der Waals surface area contributed by atoms with E-state index in [4.69, 9.17) is 0 Å². The molecule has 0 N–H and O–H groups in total. The number of rotatable bonds is 2. The molecule has 1 aliphatic carbocycles. The molecule has 15 heavy (non-hydrogen) atoms. The summed E-state index contributed by atoms with van der Waals surface area (Å²) in [6, 6.07) is 3.64. The molecule has 0 saturated carbocycles. The molecule has 0 radical (unpaired) electrons. The van der Waals surface area contributed by atoms with E-state index in [1.54, 1.807) is 6.07 Å². The van der Waals surface area contributed by atoms with Crippen LogP contribution < -0.4 is 0 Å². The average Bonchev–Trinajstić information content (AvgIpc) is 2.84. The van der Waals surface area contributed by atoms with Crippen LogP contribution in [0.4, 0.5) is 0 Å². The van der Waals surface area contributed by atoms with Crippen molar-refractivity contribution in [2.75, 3.05) is 0 Å². The highest BCUT2D eigenvalue weighted by molar-refractivity contribution is 7.11. The number of thiophene rings is 1. The number of carbonyl (C=O) groups is 2. The summed E-state index contributed by atoms with van der Waals surface area (Å²) < 4.78 is 0. The van der Waals surface area contributed by atoms with Crippen molar-refractivity contribution >= 4 is 23.9 Å². The SMILES string of the molecule is O=CC1CC=CCC1.O=Cc1cccs1. The first-order valence-electron chi connectivity index (χ1n) is 4.95. The minimum Gasteiger partial charge on any atom is -0.303 e. The Morgan fingerprint density at radius 2 is 2.20 bits per heavy atom. The van der Waals surface area contributed by atoms with Crippen molar-refractivity contribution in [1.82, 2.24) is 0 Å². The third kappa shape index (κ3) is 4.70. The smallest absolute Gasteiger partial charge is 0.159 e. The number of aldehydes is 2. The number of hydrogen-bond donors (Lipinski definition) is 0. The zero-order valence-electron chi connectivity index (χ0n) is 8.46. The lowest BCUT2D eigenvalue weighted by Crippen LogP contribution is -2.02. The maximum absolute atomic E-state index is 10.1. The van der Waals surface area contributed by atoms with E-state index < -0.39 is 0 Å². The molecule has 1 aromatic heterocycles. The molecule has 1 heterocycles. The highest BCUT2D eigenvalue weighted by Gasteiger charge is 2.06. The summed E-state index contributed by atoms with van der Waals surface area (Å²) in [5.74, 6) is 0.319. The molecule has 0 fully saturated rings. The Bertz CT molecular complexity index is 314. The standard InChI is InChI=1S/C7H10O.C5H4OS/c8-6-7-4-2-1-3-5-7;6-4-5-2-1-3-7-5/h1-2,6-7H,3-5H2;1-4H. The van der Waals surface area contributed by atoms with Crippen molar-refractivity contribution in [1.29, 1.82) is 0 Å². The monoisotopic (exact) mass is 222 g/mol. The maximum atomic E-state index is 10.1. The van der Waals surface area contributed by atoms with E-state index in [2.05, 4.69) is 12.2 Å². The fraction of sp³-hybridized carbons (Fsp3) is 0.333. The number of carbonyl (C=O) groups excluding carboxylic acids is 2. The lowest BCUT2D eigenvalue weighted by Gasteiger charge is -2.08. The van der Waals surface area contributed by atoms with Gasteiger partial charge in [0.05, 0.1) is 4.88 Å². The molecule has 2 rings (SSSR count). The second-order valence-corrected chi connectivity index (χ2v) is 4.29. The summed E-state index contributed by atoms with van der Waals surface area (Å²) in [4.78, 5) is 20.8. The maximum Gasteiger partial charge on any atom is 0.159 e. The number of allylic oxidation sites excluding steroid dienone is 2. The van der Waals surface area contributed by atoms with Crippen LogP contribution in [0.1, 0.15) is 28.9 Å². The Labute approximate surface area is 93.6 Å². The van der Waals surface area contributed by atoms with Gasteiger partial charge in [-0.25, -0.2) is 0 Å². The quantitative estimate of drug-likeness (QED) is 0.569. The molecular weight excluding hydrogens is 208 g/mol. The van der Waals surface area contributed by atoms with Gasteiger partial charge in [-0.2, -0.15) is 0 Å². The van der Waals surface area contributed by atoms with Crippen molar-refractivity contribution in [3.63, 3.8) is 0 Å². The molecule has 1 aromatic rings. The van der Waals surface area contributed by atoms with Gasteiger partial charge in [-0.15, -0.1) is 11.3 Å². The van der Waals surface area contributed by atoms with Crippen LogP contribution in [0.25, 0.3) is 0 Å². The molecule has 80 valence electrons. The van der Waals surface area contributed by atoms with Gasteiger partial charge in [0.15, 0.2) is 6.29 Å². The first-order valence-corrected chi connectivity index (χ1v) is 5.83. The summed E-state index contributed by atoms with van der Waals surface area (Å²) in [6.45, 7) is 0. The zero-order chi connectivity index (χ0) is 10.9. The minimum atomic E-state index is 0.319. The summed E-state index contributed by atoms with van der Waals surface area (Å²) in [6.07, 6.45) is 9.24. The van der Waals surface area contributed by atoms with E-state index in [1.165, 1.54) is 11.3 Å². The topological polar surface area (TPSA) is 34.1 Å². The van der Waals surface area contributed by atoms with Crippen LogP contribution in [0.2, 0.25) is 0 Å². The fourth-order valence-corrected chi connectivity index (χ4v) is 1.83. The molecule has 0 saturated heterocycles. The Kier molecular flexibility index (Phi) is 5.63. The summed E-state index contributed by atoms with van der Waals surface area (Å²) in [5.41, 5.74) is 0. The lowest BCUT2D eigenvalue weighted by atomic mass is 9.96. The normalized spacial score (nSPS) is 18.8. The molecule has 0 spiro atoms. The molecule has 1 atom stereocenters. The zero-order valence-corrected chi connectivity index (χ0v) is 9.28. The predicted molar refractivity (Wildman–Crippen MR) is 62.3 cm³/mol. The van der Waals surface area contributed by atoms with Crippen molar-refractivity contribution in [2.45, 2.75) is 19.3 Å². The lowest BCUT2D eigenvalue weighted by molar-refractivity contribution is -0.111. The van der Waals surface area contributed by atoms with Gasteiger partial charge < -0.3 is 4.79 Å². The van der Waals surface area contributed by atoms with E-state index >= 15 is 0 Å². The molecular formula is C12H14O2S. The van der Waals surface area contributed by atoms with E-state index in [-0.39, 0.29) is 0 Å². The fourth-order valence-electron chi connectivity index (χ4n) is 1.30. The molecule has 1 aliphatic rings. The molecule has 1 unspecified atom stereocenters. The summed E-state index contributed by atoms with van der Waals surface area (Å²) >= 11 is 1.45. The Morgan fingerprint density at radius 3 is 2.53 bits per heavy atom. The average molecular weight is 222 g/mol. The van der Waals surface area contributed by atoms with Gasteiger partial charge in [-0.3, -0.25) is 4.79 Å². The summed E-state index contributed by atoms with van der Waals surface area (Å²) in [7, 11) is 0. The Hall–Kier alpha value is -1.22. The van der Waals surface area contributed by atoms with E-state index in [9.17, 15) is 9.59 Å². The molecule has 0 aliphatic heterocycles. The largest absolute Gasteiger partial charge is 0.303 e. The molecule has 0 amide bonds. The van der Waals surface area contributed by atoms with Crippen LogP contribution in [0, 0.1) is 5.92 Å². The van der Waals surface area contributed by atoms with Gasteiger partial charge in [-0.1, -0.05) is 18.2 Å². The van der Waals surface area contributed by atoms with Gasteiger partial charge in [0.2, 0.25) is 0 Å². The second-order valence-electron chi connectivity index (χ2n) is 3.31. The molecule has 0 aromatic carbocycles. The van der Waals surface area contributed by atoms with Gasteiger partial charge in [-0.05, 0) is 30.7 Å². The highest BCUT2D eigenvalue weighted by Crippen LogP contribution is 2.14. The van der Waals surface area contributed by atoms with Crippen LogP contribution in [-0.4, -0.2) is 12.6 Å². The second kappa shape index (κ2) is 7.12. The third-order valence-electron chi connectivity index (χ3n) is 2.16.